The summed E-state index contributed by atoms with van der Waals surface area (Å²) in [7, 11) is 0. The molecule has 0 radical (unpaired) electrons. The maximum atomic E-state index is 9.28. The summed E-state index contributed by atoms with van der Waals surface area (Å²) in [5.74, 6) is 0. The van der Waals surface area contributed by atoms with Crippen molar-refractivity contribution in [3.8, 4) is 0 Å². The van der Waals surface area contributed by atoms with E-state index in [0.29, 0.717) is 18.9 Å². The van der Waals surface area contributed by atoms with Gasteiger partial charge in [-0.3, -0.25) is 4.90 Å². The summed E-state index contributed by atoms with van der Waals surface area (Å²) < 4.78 is 10.7. The van der Waals surface area contributed by atoms with Crippen molar-refractivity contribution >= 4 is 0 Å². The topological polar surface area (TPSA) is 41.9 Å². The number of piperidine rings is 1. The molecule has 0 spiro atoms. The monoisotopic (exact) mass is 215 g/mol. The number of hydrogen-bond donors (Lipinski definition) is 1. The Kier molecular flexibility index (Phi) is 4.38. The van der Waals surface area contributed by atoms with Gasteiger partial charge in [0.2, 0.25) is 0 Å². The zero-order chi connectivity index (χ0) is 10.5. The molecular formula is C11H21NO3. The third kappa shape index (κ3) is 3.14. The molecule has 0 aromatic carbocycles. The lowest BCUT2D eigenvalue weighted by Crippen LogP contribution is -2.47. The number of aliphatic hydroxyl groups excluding tert-OH is 1. The molecule has 1 N–H and O–H groups in total. The maximum absolute atomic E-state index is 9.28. The van der Waals surface area contributed by atoms with Gasteiger partial charge in [0, 0.05) is 12.6 Å². The number of aliphatic hydroxyl groups is 1. The van der Waals surface area contributed by atoms with Gasteiger partial charge < -0.3 is 14.6 Å². The second-order valence-corrected chi connectivity index (χ2v) is 4.43. The van der Waals surface area contributed by atoms with Crippen LogP contribution in [0.1, 0.15) is 25.7 Å². The second kappa shape index (κ2) is 5.80. The van der Waals surface area contributed by atoms with E-state index in [1.807, 2.05) is 0 Å². The quantitative estimate of drug-likeness (QED) is 0.748. The highest BCUT2D eigenvalue weighted by Gasteiger charge is 2.25. The summed E-state index contributed by atoms with van der Waals surface area (Å²) in [5, 5.41) is 9.28. The Bertz CT molecular complexity index is 183. The molecule has 0 aromatic heterocycles. The average molecular weight is 215 g/mol. The fraction of sp³-hybridized carbons (Fsp3) is 1.00. The van der Waals surface area contributed by atoms with Crippen LogP contribution in [0.2, 0.25) is 0 Å². The summed E-state index contributed by atoms with van der Waals surface area (Å²) in [6.45, 7) is 3.58. The van der Waals surface area contributed by atoms with Crippen LogP contribution in [-0.2, 0) is 9.47 Å². The first-order chi connectivity index (χ1) is 7.40. The number of nitrogens with zero attached hydrogens (tertiary/aromatic N) is 1. The predicted octanol–water partition coefficient (Wildman–Crippen LogP) is 0.596. The smallest absolute Gasteiger partial charge is 0.147 e. The lowest BCUT2D eigenvalue weighted by atomic mass is 10.0. The molecule has 88 valence electrons. The van der Waals surface area contributed by atoms with E-state index in [-0.39, 0.29) is 6.61 Å². The third-order valence-electron chi connectivity index (χ3n) is 3.37. The molecule has 2 saturated heterocycles. The lowest BCUT2D eigenvalue weighted by molar-refractivity contribution is -0.148. The fourth-order valence-electron chi connectivity index (χ4n) is 2.41. The zero-order valence-corrected chi connectivity index (χ0v) is 9.23. The summed E-state index contributed by atoms with van der Waals surface area (Å²) >= 11 is 0. The maximum Gasteiger partial charge on any atom is 0.147 e. The fourth-order valence-corrected chi connectivity index (χ4v) is 2.41. The molecule has 15 heavy (non-hydrogen) atoms. The molecule has 2 unspecified atom stereocenters. The van der Waals surface area contributed by atoms with Crippen LogP contribution in [0.5, 0.6) is 0 Å². The Morgan fingerprint density at radius 2 is 2.20 bits per heavy atom. The molecule has 2 heterocycles. The summed E-state index contributed by atoms with van der Waals surface area (Å²) in [6.07, 6.45) is 4.90. The summed E-state index contributed by atoms with van der Waals surface area (Å²) in [6, 6.07) is 0.352. The van der Waals surface area contributed by atoms with Gasteiger partial charge >= 0.3 is 0 Å². The van der Waals surface area contributed by atoms with Gasteiger partial charge in [-0.05, 0) is 25.8 Å². The van der Waals surface area contributed by atoms with Crippen LogP contribution < -0.4 is 0 Å². The average Bonchev–Trinajstić information content (AvgIpc) is 2.31. The van der Waals surface area contributed by atoms with Crippen molar-refractivity contribution < 1.29 is 14.6 Å². The Morgan fingerprint density at radius 1 is 1.27 bits per heavy atom. The van der Waals surface area contributed by atoms with Crippen molar-refractivity contribution in [1.29, 1.82) is 0 Å². The van der Waals surface area contributed by atoms with Crippen molar-refractivity contribution in [2.24, 2.45) is 0 Å². The first-order valence-electron chi connectivity index (χ1n) is 5.94. The van der Waals surface area contributed by atoms with E-state index in [4.69, 9.17) is 9.47 Å². The lowest BCUT2D eigenvalue weighted by Gasteiger charge is -2.37. The highest BCUT2D eigenvalue weighted by atomic mass is 16.7. The molecule has 0 aromatic rings. The van der Waals surface area contributed by atoms with Gasteiger partial charge in [0.05, 0.1) is 19.3 Å². The first-order valence-corrected chi connectivity index (χ1v) is 5.94. The molecule has 0 amide bonds. The highest BCUT2D eigenvalue weighted by molar-refractivity contribution is 4.79. The van der Waals surface area contributed by atoms with Crippen LogP contribution in [0.25, 0.3) is 0 Å². The third-order valence-corrected chi connectivity index (χ3v) is 3.37. The first kappa shape index (κ1) is 11.3. The van der Waals surface area contributed by atoms with Gasteiger partial charge in [-0.25, -0.2) is 0 Å². The highest BCUT2D eigenvalue weighted by Crippen LogP contribution is 2.18. The molecule has 2 atom stereocenters. The van der Waals surface area contributed by atoms with Crippen LogP contribution in [0.15, 0.2) is 0 Å². The predicted molar refractivity (Wildman–Crippen MR) is 56.6 cm³/mol. The van der Waals surface area contributed by atoms with Crippen molar-refractivity contribution in [3.63, 3.8) is 0 Å². The molecule has 2 aliphatic heterocycles. The molecule has 4 heteroatoms. The van der Waals surface area contributed by atoms with E-state index < -0.39 is 0 Å². The molecule has 2 fully saturated rings. The zero-order valence-electron chi connectivity index (χ0n) is 9.23. The van der Waals surface area contributed by atoms with Crippen LogP contribution in [0, 0.1) is 0 Å². The van der Waals surface area contributed by atoms with Crippen molar-refractivity contribution in [2.75, 3.05) is 33.1 Å². The van der Waals surface area contributed by atoms with Crippen LogP contribution in [0.4, 0.5) is 0 Å². The van der Waals surface area contributed by atoms with Gasteiger partial charge in [-0.1, -0.05) is 6.42 Å². The van der Waals surface area contributed by atoms with E-state index >= 15 is 0 Å². The van der Waals surface area contributed by atoms with Gasteiger partial charge in [-0.2, -0.15) is 0 Å². The SMILES string of the molecule is OCC1CCCCN1CC1CCOCO1. The molecule has 0 bridgehead atoms. The molecule has 0 saturated carbocycles. The number of likely N-dealkylation sites (tertiary alicyclic amines) is 1. The summed E-state index contributed by atoms with van der Waals surface area (Å²) in [5.41, 5.74) is 0. The number of ether oxygens (including phenoxy) is 2. The standard InChI is InChI=1S/C11H21NO3/c13-8-10-3-1-2-5-12(10)7-11-4-6-14-9-15-11/h10-11,13H,1-9H2. The van der Waals surface area contributed by atoms with E-state index in [1.54, 1.807) is 0 Å². The second-order valence-electron chi connectivity index (χ2n) is 4.43. The molecule has 0 aliphatic carbocycles. The minimum absolute atomic E-state index is 0.281. The van der Waals surface area contributed by atoms with E-state index in [2.05, 4.69) is 4.90 Å². The minimum Gasteiger partial charge on any atom is -0.395 e. The number of hydrogen-bond acceptors (Lipinski definition) is 4. The summed E-state index contributed by atoms with van der Waals surface area (Å²) in [4.78, 5) is 2.37. The minimum atomic E-state index is 0.281. The molecule has 4 nitrogen and oxygen atoms in total. The van der Waals surface area contributed by atoms with Gasteiger partial charge in [0.25, 0.3) is 0 Å². The molecule has 2 rings (SSSR count). The largest absolute Gasteiger partial charge is 0.395 e. The van der Waals surface area contributed by atoms with Crippen molar-refractivity contribution in [2.45, 2.75) is 37.8 Å². The van der Waals surface area contributed by atoms with Gasteiger partial charge in [-0.15, -0.1) is 0 Å². The number of rotatable bonds is 3. The Balaban J connectivity index is 1.79. The van der Waals surface area contributed by atoms with Crippen LogP contribution in [-0.4, -0.2) is 55.2 Å². The van der Waals surface area contributed by atoms with Crippen molar-refractivity contribution in [3.05, 3.63) is 0 Å². The van der Waals surface area contributed by atoms with E-state index in [1.165, 1.54) is 12.8 Å². The van der Waals surface area contributed by atoms with Crippen LogP contribution in [0.3, 0.4) is 0 Å². The molecule has 2 aliphatic rings. The Labute approximate surface area is 91.2 Å². The Morgan fingerprint density at radius 3 is 2.93 bits per heavy atom. The molecular weight excluding hydrogens is 194 g/mol. The normalized spacial score (nSPS) is 34.2. The Hall–Kier alpha value is -0.160. The van der Waals surface area contributed by atoms with Gasteiger partial charge in [0.15, 0.2) is 0 Å². The van der Waals surface area contributed by atoms with Gasteiger partial charge in [0.1, 0.15) is 6.79 Å². The van der Waals surface area contributed by atoms with E-state index in [9.17, 15) is 5.11 Å². The van der Waals surface area contributed by atoms with E-state index in [0.717, 1.165) is 32.5 Å². The van der Waals surface area contributed by atoms with Crippen molar-refractivity contribution in [1.82, 2.24) is 4.90 Å². The van der Waals surface area contributed by atoms with Crippen LogP contribution >= 0.6 is 0 Å².